The lowest BCUT2D eigenvalue weighted by molar-refractivity contribution is -0.120. The summed E-state index contributed by atoms with van der Waals surface area (Å²) in [6.07, 6.45) is 5.09. The van der Waals surface area contributed by atoms with Crippen molar-refractivity contribution in [2.75, 3.05) is 20.3 Å². The van der Waals surface area contributed by atoms with E-state index in [9.17, 15) is 9.59 Å². The average molecular weight is 478 g/mol. The van der Waals surface area contributed by atoms with Gasteiger partial charge in [0.25, 0.3) is 5.56 Å². The van der Waals surface area contributed by atoms with Crippen LogP contribution in [0.15, 0.2) is 27.5 Å². The maximum absolute atomic E-state index is 13.4. The molecular weight excluding hydrogens is 450 g/mol. The van der Waals surface area contributed by atoms with Crippen LogP contribution in [0.1, 0.15) is 35.1 Å². The molecule has 0 fully saturated rings. The van der Waals surface area contributed by atoms with Crippen LogP contribution in [0.3, 0.4) is 0 Å². The second-order valence-corrected chi connectivity index (χ2v) is 11.0. The molecule has 3 aromatic rings. The van der Waals surface area contributed by atoms with Crippen molar-refractivity contribution in [1.82, 2.24) is 14.9 Å². The summed E-state index contributed by atoms with van der Waals surface area (Å²) in [7, 11) is 1.62. The largest absolute Gasteiger partial charge is 0.383 e. The lowest BCUT2D eigenvalue weighted by Gasteiger charge is -2.16. The smallest absolute Gasteiger partial charge is 0.263 e. The molecule has 166 valence electrons. The number of rotatable bonds is 9. The minimum atomic E-state index is -0.351. The average Bonchev–Trinajstić information content (AvgIpc) is 3.40. The number of nitrogens with zero attached hydrogens (tertiary/aromatic N) is 2. The van der Waals surface area contributed by atoms with Crippen molar-refractivity contribution < 1.29 is 9.53 Å². The van der Waals surface area contributed by atoms with Gasteiger partial charge in [-0.15, -0.1) is 22.7 Å². The van der Waals surface area contributed by atoms with E-state index in [1.54, 1.807) is 34.4 Å². The van der Waals surface area contributed by atoms with Crippen LogP contribution in [0.5, 0.6) is 0 Å². The van der Waals surface area contributed by atoms with Crippen molar-refractivity contribution in [3.05, 3.63) is 43.2 Å². The number of amides is 1. The first-order valence-corrected chi connectivity index (χ1v) is 13.2. The van der Waals surface area contributed by atoms with Crippen LogP contribution in [-0.2, 0) is 35.3 Å². The summed E-state index contributed by atoms with van der Waals surface area (Å²) in [6, 6.07) is 4.09. The molecule has 0 radical (unpaired) electrons. The van der Waals surface area contributed by atoms with Crippen molar-refractivity contribution in [3.63, 3.8) is 0 Å². The van der Waals surface area contributed by atoms with E-state index in [-0.39, 0.29) is 16.7 Å². The first-order valence-electron chi connectivity index (χ1n) is 10.6. The second-order valence-electron chi connectivity index (χ2n) is 7.62. The fraction of sp³-hybridized carbons (Fsp3) is 0.500. The number of fused-ring (bicyclic) bond motifs is 3. The number of carbonyl (C=O) groups is 1. The molecule has 1 aliphatic carbocycles. The quantitative estimate of drug-likeness (QED) is 0.374. The lowest BCUT2D eigenvalue weighted by atomic mass is 9.97. The predicted octanol–water partition coefficient (Wildman–Crippen LogP) is 3.88. The van der Waals surface area contributed by atoms with Gasteiger partial charge in [-0.3, -0.25) is 14.2 Å². The summed E-state index contributed by atoms with van der Waals surface area (Å²) in [5, 5.41) is 6.06. The second kappa shape index (κ2) is 10.3. The van der Waals surface area contributed by atoms with Gasteiger partial charge in [-0.25, -0.2) is 4.98 Å². The van der Waals surface area contributed by atoms with Crippen molar-refractivity contribution in [2.45, 2.75) is 56.0 Å². The van der Waals surface area contributed by atoms with Crippen LogP contribution in [-0.4, -0.2) is 41.0 Å². The van der Waals surface area contributed by atoms with Gasteiger partial charge in [-0.1, -0.05) is 17.8 Å². The van der Waals surface area contributed by atoms with Gasteiger partial charge in [0, 0.05) is 23.4 Å². The third-order valence-corrected chi connectivity index (χ3v) is 8.67. The summed E-state index contributed by atoms with van der Waals surface area (Å²) in [5.74, 6) is -0.0420. The van der Waals surface area contributed by atoms with E-state index in [1.165, 1.54) is 33.5 Å². The Bertz CT molecular complexity index is 1100. The van der Waals surface area contributed by atoms with E-state index >= 15 is 0 Å². The van der Waals surface area contributed by atoms with Gasteiger partial charge in [-0.2, -0.15) is 0 Å². The van der Waals surface area contributed by atoms with Gasteiger partial charge in [0.05, 0.1) is 23.8 Å². The SMILES string of the molecule is COCCn1c(SC(C)C(=O)NCCc2cccs2)nc2sc3c(c2c1=O)CCCC3. The number of thiophene rings is 2. The van der Waals surface area contributed by atoms with Crippen LogP contribution in [0, 0.1) is 0 Å². The van der Waals surface area contributed by atoms with Crippen LogP contribution >= 0.6 is 34.4 Å². The molecule has 0 saturated carbocycles. The molecule has 0 aromatic carbocycles. The van der Waals surface area contributed by atoms with Gasteiger partial charge in [0.2, 0.25) is 5.91 Å². The molecule has 3 heterocycles. The molecule has 1 atom stereocenters. The van der Waals surface area contributed by atoms with E-state index < -0.39 is 0 Å². The number of aromatic nitrogens is 2. The number of hydrogen-bond acceptors (Lipinski definition) is 7. The molecule has 1 unspecified atom stereocenters. The van der Waals surface area contributed by atoms with Crippen molar-refractivity contribution in [1.29, 1.82) is 0 Å². The maximum Gasteiger partial charge on any atom is 0.263 e. The Kier molecular flexibility index (Phi) is 7.47. The summed E-state index contributed by atoms with van der Waals surface area (Å²) in [6.45, 7) is 3.32. The highest BCUT2D eigenvalue weighted by atomic mass is 32.2. The van der Waals surface area contributed by atoms with Gasteiger partial charge < -0.3 is 10.1 Å². The number of carbonyl (C=O) groups excluding carboxylic acids is 1. The van der Waals surface area contributed by atoms with Crippen molar-refractivity contribution in [2.24, 2.45) is 0 Å². The standard InChI is InChI=1S/C22H27N3O3S3/c1-14(19(26)23-10-9-15-6-5-13-29-15)30-22-24-20-18(21(27)25(22)11-12-28-2)16-7-3-4-8-17(16)31-20/h5-6,13-14H,3-4,7-12H2,1-2H3,(H,23,26). The van der Waals surface area contributed by atoms with E-state index in [2.05, 4.69) is 11.4 Å². The number of thioether (sulfide) groups is 1. The van der Waals surface area contributed by atoms with Crippen LogP contribution in [0.2, 0.25) is 0 Å². The first-order chi connectivity index (χ1) is 15.1. The number of ether oxygens (including phenoxy) is 1. The van der Waals surface area contributed by atoms with Crippen molar-refractivity contribution >= 4 is 50.6 Å². The summed E-state index contributed by atoms with van der Waals surface area (Å²) >= 11 is 4.68. The molecule has 0 saturated heterocycles. The predicted molar refractivity (Wildman–Crippen MR) is 129 cm³/mol. The lowest BCUT2D eigenvalue weighted by Crippen LogP contribution is -2.33. The zero-order valence-electron chi connectivity index (χ0n) is 17.8. The third-order valence-electron chi connectivity index (χ3n) is 5.46. The molecule has 6 nitrogen and oxygen atoms in total. The molecule has 1 amide bonds. The van der Waals surface area contributed by atoms with Gasteiger partial charge in [0.15, 0.2) is 5.16 Å². The molecule has 1 N–H and O–H groups in total. The molecule has 4 rings (SSSR count). The molecule has 9 heteroatoms. The van der Waals surface area contributed by atoms with Gasteiger partial charge >= 0.3 is 0 Å². The Hall–Kier alpha value is -1.68. The fourth-order valence-electron chi connectivity index (χ4n) is 3.81. The number of methoxy groups -OCH3 is 1. The molecule has 3 aromatic heterocycles. The van der Waals surface area contributed by atoms with Gasteiger partial charge in [-0.05, 0) is 56.0 Å². The Morgan fingerprint density at radius 2 is 2.23 bits per heavy atom. The summed E-state index contributed by atoms with van der Waals surface area (Å²) < 4.78 is 6.92. The van der Waals surface area contributed by atoms with E-state index in [0.717, 1.165) is 35.9 Å². The highest BCUT2D eigenvalue weighted by Gasteiger charge is 2.24. The highest BCUT2D eigenvalue weighted by molar-refractivity contribution is 8.00. The zero-order chi connectivity index (χ0) is 21.8. The molecule has 1 aliphatic rings. The number of nitrogens with one attached hydrogen (secondary N) is 1. The summed E-state index contributed by atoms with van der Waals surface area (Å²) in [4.78, 5) is 34.2. The van der Waals surface area contributed by atoms with E-state index in [1.807, 2.05) is 18.4 Å². The van der Waals surface area contributed by atoms with Crippen LogP contribution in [0.4, 0.5) is 0 Å². The van der Waals surface area contributed by atoms with Crippen LogP contribution < -0.4 is 10.9 Å². The summed E-state index contributed by atoms with van der Waals surface area (Å²) in [5.41, 5.74) is 1.18. The van der Waals surface area contributed by atoms with Crippen molar-refractivity contribution in [3.8, 4) is 0 Å². The minimum Gasteiger partial charge on any atom is -0.383 e. The fourth-order valence-corrected chi connectivity index (χ4v) is 6.78. The molecule has 0 aliphatic heterocycles. The van der Waals surface area contributed by atoms with E-state index in [4.69, 9.17) is 9.72 Å². The van der Waals surface area contributed by atoms with Gasteiger partial charge in [0.1, 0.15) is 4.83 Å². The number of aryl methyl sites for hydroxylation is 2. The Morgan fingerprint density at radius 3 is 3.00 bits per heavy atom. The maximum atomic E-state index is 13.4. The first kappa shape index (κ1) is 22.5. The Morgan fingerprint density at radius 1 is 1.39 bits per heavy atom. The normalized spacial score (nSPS) is 14.5. The molecular formula is C22H27N3O3S3. The minimum absolute atomic E-state index is 0.00532. The number of hydrogen-bond donors (Lipinski definition) is 1. The monoisotopic (exact) mass is 477 g/mol. The van der Waals surface area contributed by atoms with Crippen LogP contribution in [0.25, 0.3) is 10.2 Å². The Labute approximate surface area is 194 Å². The molecule has 31 heavy (non-hydrogen) atoms. The highest BCUT2D eigenvalue weighted by Crippen LogP contribution is 2.35. The topological polar surface area (TPSA) is 73.2 Å². The van der Waals surface area contributed by atoms with E-state index in [0.29, 0.717) is 24.9 Å². The zero-order valence-corrected chi connectivity index (χ0v) is 20.3. The molecule has 0 bridgehead atoms. The Balaban J connectivity index is 1.55. The third kappa shape index (κ3) is 5.05. The molecule has 0 spiro atoms.